The van der Waals surface area contributed by atoms with E-state index in [0.29, 0.717) is 18.0 Å². The molecule has 0 atom stereocenters. The number of carbonyl (C=O) groups excluding carboxylic acids is 1. The maximum atomic E-state index is 11.6. The molecule has 0 saturated carbocycles. The monoisotopic (exact) mass is 290 g/mol. The normalized spacial score (nSPS) is 16.3. The van der Waals surface area contributed by atoms with Gasteiger partial charge in [0.15, 0.2) is 0 Å². The van der Waals surface area contributed by atoms with Crippen LogP contribution in [0.3, 0.4) is 0 Å². The predicted octanol–water partition coefficient (Wildman–Crippen LogP) is -0.604. The maximum absolute atomic E-state index is 11.6. The second-order valence-electron chi connectivity index (χ2n) is 4.19. The van der Waals surface area contributed by atoms with Crippen molar-refractivity contribution in [1.82, 2.24) is 20.8 Å². The largest absolute Gasteiger partial charge is 0.348 e. The fraction of sp³-hybridized carbons (Fsp3) is 0.600. The molecule has 0 aromatic carbocycles. The fourth-order valence-electron chi connectivity index (χ4n) is 1.61. The van der Waals surface area contributed by atoms with Gasteiger partial charge in [-0.1, -0.05) is 0 Å². The minimum atomic E-state index is -3.67. The number of hydrogen-bond donors (Lipinski definition) is 4. The number of nitrogens with zero attached hydrogens (tertiary/aromatic N) is 1. The summed E-state index contributed by atoms with van der Waals surface area (Å²) < 4.78 is 25.9. The van der Waals surface area contributed by atoms with Crippen LogP contribution < -0.4 is 10.6 Å². The first-order valence-corrected chi connectivity index (χ1v) is 7.65. The topological polar surface area (TPSA) is 124 Å². The highest BCUT2D eigenvalue weighted by Gasteiger charge is 2.16. The van der Waals surface area contributed by atoms with Crippen LogP contribution in [0.15, 0.2) is 12.3 Å². The van der Waals surface area contributed by atoms with Crippen molar-refractivity contribution in [3.8, 4) is 0 Å². The van der Waals surface area contributed by atoms with Gasteiger partial charge >= 0.3 is 0 Å². The summed E-state index contributed by atoms with van der Waals surface area (Å²) in [7, 11) is -3.67. The Morgan fingerprint density at radius 3 is 2.53 bits per heavy atom. The first-order chi connectivity index (χ1) is 8.86. The Bertz CT molecular complexity index is 472. The Morgan fingerprint density at radius 2 is 2.05 bits per heavy atom. The number of amides is 1. The van der Waals surface area contributed by atoms with Crippen LogP contribution in [0.25, 0.3) is 0 Å². The third-order valence-electron chi connectivity index (χ3n) is 2.41. The van der Waals surface area contributed by atoms with E-state index < -0.39 is 10.1 Å². The lowest BCUT2D eigenvalue weighted by Crippen LogP contribution is -2.42. The van der Waals surface area contributed by atoms with Crippen LogP contribution in [0.5, 0.6) is 0 Å². The van der Waals surface area contributed by atoms with Gasteiger partial charge in [0.25, 0.3) is 16.0 Å². The number of H-pyrrole nitrogens is 1. The van der Waals surface area contributed by atoms with Gasteiger partial charge in [-0.25, -0.2) is 0 Å². The maximum Gasteiger partial charge on any atom is 0.271 e. The van der Waals surface area contributed by atoms with E-state index in [2.05, 4.69) is 20.8 Å². The fourth-order valence-corrected chi connectivity index (χ4v) is 1.61. The first-order valence-electron chi connectivity index (χ1n) is 5.80. The van der Waals surface area contributed by atoms with Crippen molar-refractivity contribution in [2.45, 2.75) is 18.9 Å². The number of carbonyl (C=O) groups is 1. The van der Waals surface area contributed by atoms with Gasteiger partial charge in [-0.15, -0.1) is 0 Å². The zero-order valence-electron chi connectivity index (χ0n) is 10.6. The van der Waals surface area contributed by atoms with Crippen LogP contribution in [-0.4, -0.2) is 54.5 Å². The molecule has 0 unspecified atom stereocenters. The summed E-state index contributed by atoms with van der Waals surface area (Å²) in [5, 5.41) is 12.7. The molecule has 0 spiro atoms. The lowest BCUT2D eigenvalue weighted by Gasteiger charge is -2.23. The molecular formula is C10H18N4O4S. The van der Waals surface area contributed by atoms with Gasteiger partial charge in [-0.3, -0.25) is 14.4 Å². The van der Waals surface area contributed by atoms with Crippen molar-refractivity contribution in [3.05, 3.63) is 18.0 Å². The second kappa shape index (κ2) is 7.22. The zero-order chi connectivity index (χ0) is 14.3. The first kappa shape index (κ1) is 15.6. The van der Waals surface area contributed by atoms with Gasteiger partial charge in [-0.2, -0.15) is 13.5 Å². The van der Waals surface area contributed by atoms with Crippen LogP contribution in [0.1, 0.15) is 23.3 Å². The molecule has 1 aromatic rings. The Balaban J connectivity index is 0.000000312. The standard InChI is InChI=1S/C9H14N4O.CH4O3S/c14-9(8-3-6-11-13-8)12-7-1-4-10-5-2-7;1-5(2,3)4/h3,6-7,10H,1-2,4-5H2,(H,11,13)(H,12,14);1H3,(H,2,3,4). The van der Waals surface area contributed by atoms with E-state index in [0.717, 1.165) is 25.9 Å². The van der Waals surface area contributed by atoms with Gasteiger partial charge in [0.1, 0.15) is 5.69 Å². The van der Waals surface area contributed by atoms with E-state index in [-0.39, 0.29) is 5.91 Å². The van der Waals surface area contributed by atoms with Crippen molar-refractivity contribution in [3.63, 3.8) is 0 Å². The molecule has 1 saturated heterocycles. The molecule has 1 amide bonds. The minimum Gasteiger partial charge on any atom is -0.348 e. The average molecular weight is 290 g/mol. The highest BCUT2D eigenvalue weighted by atomic mass is 32.2. The van der Waals surface area contributed by atoms with Crippen molar-refractivity contribution >= 4 is 16.0 Å². The number of aromatic amines is 1. The average Bonchev–Trinajstić information content (AvgIpc) is 2.81. The third kappa shape index (κ3) is 7.54. The molecule has 1 aliphatic rings. The molecule has 19 heavy (non-hydrogen) atoms. The molecule has 9 heteroatoms. The molecule has 0 radical (unpaired) electrons. The highest BCUT2D eigenvalue weighted by Crippen LogP contribution is 2.03. The predicted molar refractivity (Wildman–Crippen MR) is 69.4 cm³/mol. The summed E-state index contributed by atoms with van der Waals surface area (Å²) in [6, 6.07) is 1.97. The number of nitrogens with one attached hydrogen (secondary N) is 3. The van der Waals surface area contributed by atoms with E-state index in [4.69, 9.17) is 4.55 Å². The molecule has 0 bridgehead atoms. The SMILES string of the molecule is CS(=O)(=O)O.O=C(NC1CCNCC1)c1cc[nH]n1. The van der Waals surface area contributed by atoms with Crippen molar-refractivity contribution < 1.29 is 17.8 Å². The van der Waals surface area contributed by atoms with Gasteiger partial charge in [0.2, 0.25) is 0 Å². The highest BCUT2D eigenvalue weighted by molar-refractivity contribution is 7.85. The second-order valence-corrected chi connectivity index (χ2v) is 5.66. The zero-order valence-corrected chi connectivity index (χ0v) is 11.4. The third-order valence-corrected chi connectivity index (χ3v) is 2.41. The molecule has 8 nitrogen and oxygen atoms in total. The Kier molecular flexibility index (Phi) is 5.93. The number of aromatic nitrogens is 2. The molecule has 2 heterocycles. The van der Waals surface area contributed by atoms with Crippen LogP contribution in [0.2, 0.25) is 0 Å². The summed E-state index contributed by atoms with van der Waals surface area (Å²) in [5.74, 6) is -0.0850. The van der Waals surface area contributed by atoms with Gasteiger partial charge in [-0.05, 0) is 32.0 Å². The summed E-state index contributed by atoms with van der Waals surface area (Å²) in [4.78, 5) is 11.6. The molecule has 108 valence electrons. The Labute approximate surface area is 111 Å². The van der Waals surface area contributed by atoms with Crippen LogP contribution >= 0.6 is 0 Å². The van der Waals surface area contributed by atoms with E-state index in [1.54, 1.807) is 12.3 Å². The molecular weight excluding hydrogens is 272 g/mol. The Morgan fingerprint density at radius 1 is 1.47 bits per heavy atom. The van der Waals surface area contributed by atoms with Crippen LogP contribution in [0.4, 0.5) is 0 Å². The minimum absolute atomic E-state index is 0.0850. The van der Waals surface area contributed by atoms with E-state index in [9.17, 15) is 13.2 Å². The quantitative estimate of drug-likeness (QED) is 0.539. The van der Waals surface area contributed by atoms with Crippen molar-refractivity contribution in [2.24, 2.45) is 0 Å². The lowest BCUT2D eigenvalue weighted by molar-refractivity contribution is 0.0924. The molecule has 1 aliphatic heterocycles. The van der Waals surface area contributed by atoms with E-state index in [1.807, 2.05) is 0 Å². The molecule has 2 rings (SSSR count). The summed E-state index contributed by atoms with van der Waals surface area (Å²) in [5.41, 5.74) is 0.462. The summed E-state index contributed by atoms with van der Waals surface area (Å²) in [6.07, 6.45) is 4.36. The van der Waals surface area contributed by atoms with E-state index >= 15 is 0 Å². The lowest BCUT2D eigenvalue weighted by atomic mass is 10.1. The molecule has 4 N–H and O–H groups in total. The summed E-state index contributed by atoms with van der Waals surface area (Å²) >= 11 is 0. The number of piperidine rings is 1. The smallest absolute Gasteiger partial charge is 0.271 e. The van der Waals surface area contributed by atoms with Crippen molar-refractivity contribution in [1.29, 1.82) is 0 Å². The van der Waals surface area contributed by atoms with Crippen LogP contribution in [-0.2, 0) is 10.1 Å². The number of rotatable bonds is 2. The molecule has 1 aromatic heterocycles. The van der Waals surface area contributed by atoms with E-state index in [1.165, 1.54) is 0 Å². The van der Waals surface area contributed by atoms with Crippen molar-refractivity contribution in [2.75, 3.05) is 19.3 Å². The molecule has 0 aliphatic carbocycles. The summed E-state index contributed by atoms with van der Waals surface area (Å²) in [6.45, 7) is 1.96. The number of hydrogen-bond acceptors (Lipinski definition) is 5. The van der Waals surface area contributed by atoms with Gasteiger partial charge in [0, 0.05) is 12.2 Å². The van der Waals surface area contributed by atoms with Crippen LogP contribution in [0, 0.1) is 0 Å². The Hall–Kier alpha value is -1.45. The molecule has 1 fully saturated rings. The van der Waals surface area contributed by atoms with Gasteiger partial charge in [0.05, 0.1) is 6.26 Å². The van der Waals surface area contributed by atoms with Gasteiger partial charge < -0.3 is 10.6 Å².